The van der Waals surface area contributed by atoms with Gasteiger partial charge in [-0.3, -0.25) is 0 Å². The molecule has 0 radical (unpaired) electrons. The van der Waals surface area contributed by atoms with E-state index in [9.17, 15) is 9.90 Å². The molecule has 0 aliphatic heterocycles. The fraction of sp³-hybridized carbons (Fsp3) is 0.0719. The first-order chi connectivity index (χ1) is 72.7. The van der Waals surface area contributed by atoms with Gasteiger partial charge in [-0.15, -0.1) is 0 Å². The summed E-state index contributed by atoms with van der Waals surface area (Å²) >= 11 is 3.76. The molecule has 1 aliphatic carbocycles. The number of fused-ring (bicyclic) bond motifs is 29. The third kappa shape index (κ3) is 15.8. The highest BCUT2D eigenvalue weighted by Crippen LogP contribution is 2.53. The maximum atomic E-state index is 12.4. The molecule has 0 saturated heterocycles. The topological polar surface area (TPSA) is 71.2 Å². The molecule has 148 heavy (non-hydrogen) atoms. The first-order valence-electron chi connectivity index (χ1n) is 50.9. The van der Waals surface area contributed by atoms with Crippen molar-refractivity contribution in [2.45, 2.75) is 58.0 Å². The molecular weight excluding hydrogens is 1870 g/mol. The number of hydrogen-bond acceptors (Lipinski definition) is 3. The number of methoxy groups -OCH3 is 1. The molecule has 28 aromatic rings. The van der Waals surface area contributed by atoms with Gasteiger partial charge in [0.2, 0.25) is 0 Å². The van der Waals surface area contributed by atoms with Gasteiger partial charge in [0, 0.05) is 119 Å². The number of hydrogen-bond donors (Lipinski definition) is 1. The number of nitrogens with zero attached hydrogens (tertiary/aromatic N) is 5. The van der Waals surface area contributed by atoms with Crippen LogP contribution in [0, 0.1) is 0 Å². The molecule has 1 aliphatic rings. The normalized spacial score (nSPS) is 12.3. The predicted octanol–water partition coefficient (Wildman–Crippen LogP) is 35.9. The first kappa shape index (κ1) is 91.5. The molecule has 0 bridgehead atoms. The molecule has 5 aromatic heterocycles. The molecule has 9 heteroatoms. The lowest BCUT2D eigenvalue weighted by Crippen LogP contribution is -2.27. The van der Waals surface area contributed by atoms with Crippen molar-refractivity contribution < 1.29 is 14.6 Å². The van der Waals surface area contributed by atoms with Crippen LogP contribution in [-0.2, 0) is 35.0 Å². The van der Waals surface area contributed by atoms with Crippen molar-refractivity contribution in [3.05, 3.63) is 558 Å². The molecule has 0 atom stereocenters. The number of carbonyl (C=O) groups excluding carboxylic acids is 1. The Hall–Kier alpha value is -17.7. The fourth-order valence-corrected chi connectivity index (χ4v) is 24.5. The quantitative estimate of drug-likeness (QED) is 0.131. The number of esters is 1. The summed E-state index contributed by atoms with van der Waals surface area (Å²) in [5, 5.41) is 36.3. The number of carbonyl (C=O) groups is 1. The minimum atomic E-state index is -0.889. The zero-order valence-corrected chi connectivity index (χ0v) is 84.4. The molecule has 5 heterocycles. The van der Waals surface area contributed by atoms with E-state index in [2.05, 4.69) is 508 Å². The minimum absolute atomic E-state index is 0.0852. The van der Waals surface area contributed by atoms with Crippen molar-refractivity contribution in [2.75, 3.05) is 7.11 Å². The number of para-hydroxylation sites is 10. The standard InChI is InChI=1S/C32H27NO.C32H25N.C31H23NO2.C22H14BrN.C22H15N/c1-32(2,34)29-18-10-6-12-22(29)20-23-21-28-26-16-9-11-19-30(26)33(24-13-4-3-5-14-24)31(28)27-17-8-7-15-25(23)27;1-32(2)27-18-10-6-12-21(27)20-26-23-15-7-8-16-24(23)31-29(30(26)32)25-17-9-11-19-28(25)33(31)22-13-4-3-5-14-22;1-34-31(33)25-15-6-5-11-21(25)19-22-20-28-26-16-9-10-18-29(26)32(23-12-3-2-4-13-23)30(28)27-17-8-7-14-24(22)27;23-20-14-19-17-11-6-7-13-21(17)24(15-8-2-1-3-9-15)22(19)18-12-5-4-10-16(18)20;1-2-9-17(10-3-1)23-21-13-7-6-12-19(21)20-15-14-16-8-4-5-11-18(16)22(20)23/h3-19,21,34H,20H2,1-2H3;3-19H,20H2,1-2H3;2-18,20H,19H2,1H3;1-14H;1-15H. The Labute approximate surface area is 866 Å². The first-order valence-corrected chi connectivity index (χ1v) is 51.7. The van der Waals surface area contributed by atoms with Crippen LogP contribution in [0.1, 0.15) is 88.1 Å². The molecule has 0 spiro atoms. The monoisotopic (exact) mass is 1970 g/mol. The molecule has 23 aromatic carbocycles. The lowest BCUT2D eigenvalue weighted by atomic mass is 9.66. The number of rotatable bonds is 11. The second-order valence-electron chi connectivity index (χ2n) is 39.7. The van der Waals surface area contributed by atoms with E-state index in [1.165, 1.54) is 226 Å². The molecule has 710 valence electrons. The molecule has 1 N–H and O–H groups in total. The van der Waals surface area contributed by atoms with Crippen LogP contribution in [0.5, 0.6) is 0 Å². The van der Waals surface area contributed by atoms with E-state index in [1.807, 2.05) is 56.3 Å². The van der Waals surface area contributed by atoms with Crippen LogP contribution in [0.15, 0.2) is 502 Å². The largest absolute Gasteiger partial charge is 0.465 e. The minimum Gasteiger partial charge on any atom is -0.465 e. The van der Waals surface area contributed by atoms with Crippen LogP contribution in [-0.4, -0.2) is 41.0 Å². The van der Waals surface area contributed by atoms with Gasteiger partial charge in [-0.1, -0.05) is 412 Å². The van der Waals surface area contributed by atoms with Crippen molar-refractivity contribution in [3.63, 3.8) is 0 Å². The highest BCUT2D eigenvalue weighted by molar-refractivity contribution is 9.10. The Balaban J connectivity index is 0.0000000969. The Kier molecular flexibility index (Phi) is 23.5. The smallest absolute Gasteiger partial charge is 0.338 e. The van der Waals surface area contributed by atoms with Crippen LogP contribution >= 0.6 is 15.9 Å². The van der Waals surface area contributed by atoms with Crippen molar-refractivity contribution in [3.8, 4) is 28.4 Å². The van der Waals surface area contributed by atoms with Gasteiger partial charge in [0.15, 0.2) is 0 Å². The predicted molar refractivity (Wildman–Crippen MR) is 626 cm³/mol. The summed E-state index contributed by atoms with van der Waals surface area (Å²) in [6, 6.07) is 176. The summed E-state index contributed by atoms with van der Waals surface area (Å²) in [7, 11) is 1.43. The molecule has 0 unspecified atom stereocenters. The average molecular weight is 1970 g/mol. The molecule has 0 amide bonds. The number of ether oxygens (including phenoxy) is 1. The van der Waals surface area contributed by atoms with Crippen molar-refractivity contribution in [1.82, 2.24) is 22.8 Å². The van der Waals surface area contributed by atoms with E-state index in [0.29, 0.717) is 12.0 Å². The summed E-state index contributed by atoms with van der Waals surface area (Å²) in [5.41, 5.74) is 29.5. The van der Waals surface area contributed by atoms with Crippen molar-refractivity contribution in [2.24, 2.45) is 0 Å². The van der Waals surface area contributed by atoms with Crippen molar-refractivity contribution in [1.29, 1.82) is 0 Å². The molecule has 0 fully saturated rings. The Morgan fingerprint density at radius 1 is 0.291 bits per heavy atom. The van der Waals surface area contributed by atoms with Crippen LogP contribution in [0.4, 0.5) is 0 Å². The highest BCUT2D eigenvalue weighted by Gasteiger charge is 2.38. The summed E-state index contributed by atoms with van der Waals surface area (Å²) in [6.45, 7) is 8.54. The lowest BCUT2D eigenvalue weighted by Gasteiger charge is -2.37. The fourth-order valence-electron chi connectivity index (χ4n) is 24.0. The van der Waals surface area contributed by atoms with E-state index in [-0.39, 0.29) is 11.4 Å². The van der Waals surface area contributed by atoms with Gasteiger partial charge in [0.05, 0.1) is 73.4 Å². The molecular formula is C139H104BrN5O3. The van der Waals surface area contributed by atoms with E-state index in [4.69, 9.17) is 4.74 Å². The van der Waals surface area contributed by atoms with Crippen LogP contribution < -0.4 is 0 Å². The van der Waals surface area contributed by atoms with Gasteiger partial charge in [-0.05, 0) is 225 Å². The molecule has 0 saturated carbocycles. The zero-order valence-electron chi connectivity index (χ0n) is 82.8. The van der Waals surface area contributed by atoms with E-state index >= 15 is 0 Å². The Morgan fingerprint density at radius 2 is 0.601 bits per heavy atom. The van der Waals surface area contributed by atoms with Gasteiger partial charge >= 0.3 is 5.97 Å². The Bertz CT molecular complexity index is 10000. The second kappa shape index (κ2) is 38.1. The van der Waals surface area contributed by atoms with Gasteiger partial charge in [-0.2, -0.15) is 0 Å². The third-order valence-electron chi connectivity index (χ3n) is 30.3. The van der Waals surface area contributed by atoms with Crippen LogP contribution in [0.2, 0.25) is 0 Å². The number of benzene rings is 23. The summed E-state index contributed by atoms with van der Waals surface area (Å²) < 4.78 is 18.2. The highest BCUT2D eigenvalue weighted by atomic mass is 79.9. The zero-order chi connectivity index (χ0) is 99.8. The van der Waals surface area contributed by atoms with Gasteiger partial charge in [0.25, 0.3) is 0 Å². The average Bonchev–Trinajstić information content (AvgIpc) is 1.46. The number of halogens is 1. The lowest BCUT2D eigenvalue weighted by molar-refractivity contribution is 0.0599. The second-order valence-corrected chi connectivity index (χ2v) is 40.5. The van der Waals surface area contributed by atoms with Crippen LogP contribution in [0.3, 0.4) is 0 Å². The van der Waals surface area contributed by atoms with Gasteiger partial charge in [0.1, 0.15) is 0 Å². The Morgan fingerprint density at radius 3 is 1.06 bits per heavy atom. The maximum Gasteiger partial charge on any atom is 0.338 e. The summed E-state index contributed by atoms with van der Waals surface area (Å²) in [6.07, 6.45) is 2.39. The van der Waals surface area contributed by atoms with Crippen molar-refractivity contribution >= 4 is 185 Å². The molecule has 29 rings (SSSR count). The van der Waals surface area contributed by atoms with Gasteiger partial charge < -0.3 is 32.7 Å². The molecule has 8 nitrogen and oxygen atoms in total. The van der Waals surface area contributed by atoms with E-state index in [1.54, 1.807) is 0 Å². The SMILES string of the molecule is Brc1cc2c3ccccc3n(-c3ccccc3)c2c2ccccc12.CC(C)(O)c1ccccc1Cc1cc2c3ccccc3n(-c3ccccc3)c2c2ccccc12.CC1(C)c2ccccc2Cc2c1c1c3ccccc3n(-c3ccccc3)c1c1ccccc21.COC(=O)c1ccccc1Cc1cc2c3ccccc3n(-c3ccccc3)c2c2ccccc12.c1ccc(-n2c3ccccc3c3ccc4ccccc4c32)cc1. The van der Waals surface area contributed by atoms with E-state index < -0.39 is 5.60 Å². The summed E-state index contributed by atoms with van der Waals surface area (Å²) in [4.78, 5) is 12.4. The number of aliphatic hydroxyl groups is 1. The third-order valence-corrected chi connectivity index (χ3v) is 30.9. The van der Waals surface area contributed by atoms with E-state index in [0.717, 1.165) is 39.7 Å². The van der Waals surface area contributed by atoms with Crippen LogP contribution in [0.25, 0.3) is 191 Å². The maximum absolute atomic E-state index is 12.4. The number of aromatic nitrogens is 5. The van der Waals surface area contributed by atoms with Gasteiger partial charge in [-0.25, -0.2) is 4.79 Å². The summed E-state index contributed by atoms with van der Waals surface area (Å²) in [5.74, 6) is -0.304.